The Bertz CT molecular complexity index is 1120. The molecule has 5 nitrogen and oxygen atoms in total. The van der Waals surface area contributed by atoms with Crippen LogP contribution in [0.1, 0.15) is 43.7 Å². The molecular formula is C28H32N2O3. The number of likely N-dealkylation sites (tertiary alicyclic amines) is 1. The maximum atomic E-state index is 13.2. The number of ether oxygens (including phenoxy) is 1. The highest BCUT2D eigenvalue weighted by Gasteiger charge is 2.49. The van der Waals surface area contributed by atoms with Gasteiger partial charge in [-0.1, -0.05) is 61.4 Å². The summed E-state index contributed by atoms with van der Waals surface area (Å²) < 4.78 is 5.35. The van der Waals surface area contributed by atoms with E-state index < -0.39 is 5.60 Å². The first kappa shape index (κ1) is 21.9. The number of hydrogen-bond donors (Lipinski definition) is 2. The topological polar surface area (TPSA) is 61.8 Å². The van der Waals surface area contributed by atoms with Gasteiger partial charge in [-0.2, -0.15) is 0 Å². The van der Waals surface area contributed by atoms with Crippen molar-refractivity contribution >= 4 is 22.4 Å². The van der Waals surface area contributed by atoms with Gasteiger partial charge >= 0.3 is 0 Å². The summed E-state index contributed by atoms with van der Waals surface area (Å²) in [6.07, 6.45) is 4.74. The van der Waals surface area contributed by atoms with Crippen LogP contribution in [0.15, 0.2) is 66.7 Å². The minimum Gasteiger partial charge on any atom is -0.497 e. The van der Waals surface area contributed by atoms with Gasteiger partial charge in [0.25, 0.3) is 0 Å². The maximum Gasteiger partial charge on any atom is 0.238 e. The standard InChI is InChI=1S/C28H32N2O3/c1-33-22-14-12-21(13-15-22)27-24-10-4-5-16-28(24,32)17-18-30(27)19-26(31)29-25-11-6-8-20-7-2-3-9-23(20)25/h2-3,6-9,11-15,24,27,32H,4-5,10,16-19H2,1H3,(H,29,31)/t24-,27+,28-/m0/s1. The smallest absolute Gasteiger partial charge is 0.238 e. The first-order chi connectivity index (χ1) is 16.1. The lowest BCUT2D eigenvalue weighted by molar-refractivity contribution is -0.135. The maximum absolute atomic E-state index is 13.2. The number of carbonyl (C=O) groups is 1. The summed E-state index contributed by atoms with van der Waals surface area (Å²) in [5, 5.41) is 16.8. The molecule has 1 aliphatic carbocycles. The number of aliphatic hydroxyl groups is 1. The summed E-state index contributed by atoms with van der Waals surface area (Å²) in [7, 11) is 1.67. The van der Waals surface area contributed by atoms with Crippen LogP contribution in [-0.4, -0.2) is 41.7 Å². The average molecular weight is 445 g/mol. The molecule has 1 heterocycles. The van der Waals surface area contributed by atoms with Crippen LogP contribution < -0.4 is 10.1 Å². The van der Waals surface area contributed by atoms with Crippen molar-refractivity contribution in [3.05, 3.63) is 72.3 Å². The zero-order chi connectivity index (χ0) is 22.8. The Morgan fingerprint density at radius 2 is 1.85 bits per heavy atom. The highest BCUT2D eigenvalue weighted by Crippen LogP contribution is 2.49. The first-order valence-corrected chi connectivity index (χ1v) is 12.0. The Balaban J connectivity index is 1.40. The molecule has 1 saturated heterocycles. The van der Waals surface area contributed by atoms with Crippen molar-refractivity contribution in [2.75, 3.05) is 25.5 Å². The van der Waals surface area contributed by atoms with Gasteiger partial charge in [0.1, 0.15) is 5.75 Å². The number of methoxy groups -OCH3 is 1. The summed E-state index contributed by atoms with van der Waals surface area (Å²) in [4.78, 5) is 15.5. The zero-order valence-corrected chi connectivity index (χ0v) is 19.2. The van der Waals surface area contributed by atoms with E-state index in [1.807, 2.05) is 42.5 Å². The Kier molecular flexibility index (Phi) is 6.09. The lowest BCUT2D eigenvalue weighted by atomic mass is 9.66. The van der Waals surface area contributed by atoms with Crippen molar-refractivity contribution < 1.29 is 14.6 Å². The SMILES string of the molecule is COc1ccc([C@@H]2[C@@H]3CCCC[C@]3(O)CCN2CC(=O)Nc2cccc3ccccc23)cc1. The van der Waals surface area contributed by atoms with Crippen LogP contribution in [0.5, 0.6) is 5.75 Å². The number of hydrogen-bond acceptors (Lipinski definition) is 4. The predicted molar refractivity (Wildman–Crippen MR) is 131 cm³/mol. The number of piperidine rings is 1. The largest absolute Gasteiger partial charge is 0.497 e. The zero-order valence-electron chi connectivity index (χ0n) is 19.2. The molecule has 5 heteroatoms. The molecule has 33 heavy (non-hydrogen) atoms. The number of nitrogens with zero attached hydrogens (tertiary/aromatic N) is 1. The minimum atomic E-state index is -0.647. The highest BCUT2D eigenvalue weighted by molar-refractivity contribution is 6.02. The summed E-state index contributed by atoms with van der Waals surface area (Å²) in [5.41, 5.74) is 1.33. The van der Waals surface area contributed by atoms with Crippen LogP contribution in [0.3, 0.4) is 0 Å². The summed E-state index contributed by atoms with van der Waals surface area (Å²) >= 11 is 0. The molecule has 2 N–H and O–H groups in total. The molecule has 3 aromatic rings. The molecular weight excluding hydrogens is 412 g/mol. The van der Waals surface area contributed by atoms with E-state index in [-0.39, 0.29) is 17.9 Å². The number of fused-ring (bicyclic) bond motifs is 2. The van der Waals surface area contributed by atoms with Crippen molar-refractivity contribution in [1.82, 2.24) is 4.90 Å². The van der Waals surface area contributed by atoms with E-state index in [1.54, 1.807) is 7.11 Å². The minimum absolute atomic E-state index is 0.00761. The van der Waals surface area contributed by atoms with Gasteiger partial charge in [-0.05, 0) is 48.4 Å². The van der Waals surface area contributed by atoms with Crippen LogP contribution in [-0.2, 0) is 4.79 Å². The monoisotopic (exact) mass is 444 g/mol. The second-order valence-corrected chi connectivity index (χ2v) is 9.47. The number of nitrogens with one attached hydrogen (secondary N) is 1. The van der Waals surface area contributed by atoms with Gasteiger partial charge in [-0.15, -0.1) is 0 Å². The molecule has 0 bridgehead atoms. The lowest BCUT2D eigenvalue weighted by Crippen LogP contribution is -2.56. The highest BCUT2D eigenvalue weighted by atomic mass is 16.5. The number of amides is 1. The van der Waals surface area contributed by atoms with Crippen LogP contribution in [0.2, 0.25) is 0 Å². The number of carbonyl (C=O) groups excluding carboxylic acids is 1. The molecule has 2 aliphatic rings. The van der Waals surface area contributed by atoms with Crippen molar-refractivity contribution in [2.24, 2.45) is 5.92 Å². The van der Waals surface area contributed by atoms with E-state index in [2.05, 4.69) is 34.5 Å². The molecule has 0 spiro atoms. The van der Waals surface area contributed by atoms with E-state index in [4.69, 9.17) is 4.74 Å². The van der Waals surface area contributed by atoms with Gasteiger partial charge in [0.15, 0.2) is 0 Å². The average Bonchev–Trinajstić information content (AvgIpc) is 2.84. The Morgan fingerprint density at radius 3 is 2.67 bits per heavy atom. The second-order valence-electron chi connectivity index (χ2n) is 9.47. The van der Waals surface area contributed by atoms with Crippen molar-refractivity contribution in [2.45, 2.75) is 43.7 Å². The van der Waals surface area contributed by atoms with E-state index in [1.165, 1.54) is 0 Å². The van der Waals surface area contributed by atoms with Crippen LogP contribution in [0.25, 0.3) is 10.8 Å². The van der Waals surface area contributed by atoms with Crippen molar-refractivity contribution in [3.8, 4) is 5.75 Å². The van der Waals surface area contributed by atoms with E-state index >= 15 is 0 Å². The Morgan fingerprint density at radius 1 is 1.06 bits per heavy atom. The molecule has 0 aromatic heterocycles. The molecule has 5 rings (SSSR count). The third kappa shape index (κ3) is 4.35. The van der Waals surface area contributed by atoms with Gasteiger partial charge in [0.05, 0.1) is 19.3 Å². The second kappa shape index (κ2) is 9.16. The number of rotatable bonds is 5. The van der Waals surface area contributed by atoms with E-state index in [0.717, 1.165) is 53.5 Å². The molecule has 172 valence electrons. The Hall–Kier alpha value is -2.89. The third-order valence-corrected chi connectivity index (χ3v) is 7.54. The quantitative estimate of drug-likeness (QED) is 0.571. The van der Waals surface area contributed by atoms with Crippen LogP contribution in [0, 0.1) is 5.92 Å². The van der Waals surface area contributed by atoms with E-state index in [0.29, 0.717) is 19.5 Å². The fourth-order valence-electron chi connectivity index (χ4n) is 5.87. The van der Waals surface area contributed by atoms with Gasteiger partial charge in [0, 0.05) is 29.6 Å². The molecule has 1 amide bonds. The lowest BCUT2D eigenvalue weighted by Gasteiger charge is -2.52. The predicted octanol–water partition coefficient (Wildman–Crippen LogP) is 5.16. The summed E-state index contributed by atoms with van der Waals surface area (Å²) in [5.74, 6) is 0.915. The van der Waals surface area contributed by atoms with Gasteiger partial charge in [0.2, 0.25) is 5.91 Å². The fourth-order valence-corrected chi connectivity index (χ4v) is 5.87. The third-order valence-electron chi connectivity index (χ3n) is 7.54. The Labute approximate surface area is 195 Å². The van der Waals surface area contributed by atoms with Gasteiger partial charge in [-0.25, -0.2) is 0 Å². The van der Waals surface area contributed by atoms with Crippen molar-refractivity contribution in [3.63, 3.8) is 0 Å². The molecule has 0 unspecified atom stereocenters. The fraction of sp³-hybridized carbons (Fsp3) is 0.393. The summed E-state index contributed by atoms with van der Waals surface area (Å²) in [6, 6.07) is 22.2. The van der Waals surface area contributed by atoms with Gasteiger partial charge in [-0.3, -0.25) is 9.69 Å². The normalized spacial score (nSPS) is 25.4. The van der Waals surface area contributed by atoms with Gasteiger partial charge < -0.3 is 15.2 Å². The number of benzene rings is 3. The van der Waals surface area contributed by atoms with Crippen molar-refractivity contribution in [1.29, 1.82) is 0 Å². The van der Waals surface area contributed by atoms with E-state index in [9.17, 15) is 9.90 Å². The van der Waals surface area contributed by atoms with Crippen LogP contribution >= 0.6 is 0 Å². The van der Waals surface area contributed by atoms with Crippen LogP contribution in [0.4, 0.5) is 5.69 Å². The first-order valence-electron chi connectivity index (χ1n) is 12.0. The molecule has 0 radical (unpaired) electrons. The molecule has 1 saturated carbocycles. The summed E-state index contributed by atoms with van der Waals surface area (Å²) in [6.45, 7) is 0.999. The molecule has 3 aromatic carbocycles. The molecule has 1 aliphatic heterocycles. The molecule has 2 fully saturated rings. The molecule has 3 atom stereocenters. The number of anilines is 1.